The summed E-state index contributed by atoms with van der Waals surface area (Å²) in [6.07, 6.45) is 0.737. The molecule has 17 heavy (non-hydrogen) atoms. The maximum atomic E-state index is 11.7. The topological polar surface area (TPSA) is 50.8 Å². The molecule has 1 heterocycles. The Hall–Kier alpha value is -0.650. The molecule has 1 aliphatic rings. The molecule has 100 valence electrons. The monoisotopic (exact) mass is 244 g/mol. The molecule has 1 rings (SSSR count). The van der Waals surface area contributed by atoms with Crippen LogP contribution in [0.5, 0.6) is 0 Å². The van der Waals surface area contributed by atoms with E-state index in [-0.39, 0.29) is 5.97 Å². The first-order valence-corrected chi connectivity index (χ1v) is 6.12. The van der Waals surface area contributed by atoms with E-state index in [0.29, 0.717) is 6.04 Å². The molecular weight excluding hydrogens is 220 g/mol. The van der Waals surface area contributed by atoms with Gasteiger partial charge < -0.3 is 14.8 Å². The van der Waals surface area contributed by atoms with Crippen LogP contribution in [0.1, 0.15) is 20.3 Å². The summed E-state index contributed by atoms with van der Waals surface area (Å²) in [5.74, 6) is -0.207. The van der Waals surface area contributed by atoms with Crippen molar-refractivity contribution in [3.8, 4) is 0 Å². The number of rotatable bonds is 5. The lowest BCUT2D eigenvalue weighted by Gasteiger charge is -2.36. The molecule has 5 heteroatoms. The van der Waals surface area contributed by atoms with E-state index in [4.69, 9.17) is 9.47 Å². The van der Waals surface area contributed by atoms with Crippen molar-refractivity contribution in [1.29, 1.82) is 0 Å². The Morgan fingerprint density at radius 3 is 2.88 bits per heavy atom. The van der Waals surface area contributed by atoms with Gasteiger partial charge in [-0.2, -0.15) is 0 Å². The third-order valence-electron chi connectivity index (χ3n) is 3.59. The first-order valence-electron chi connectivity index (χ1n) is 6.12. The van der Waals surface area contributed by atoms with E-state index in [1.165, 1.54) is 7.11 Å². The summed E-state index contributed by atoms with van der Waals surface area (Å²) in [7, 11) is 3.22. The van der Waals surface area contributed by atoms with Crippen LogP contribution < -0.4 is 5.32 Å². The van der Waals surface area contributed by atoms with Crippen molar-refractivity contribution in [3.05, 3.63) is 0 Å². The van der Waals surface area contributed by atoms with Gasteiger partial charge in [0, 0.05) is 19.1 Å². The molecule has 5 nitrogen and oxygen atoms in total. The van der Waals surface area contributed by atoms with E-state index in [1.807, 2.05) is 6.92 Å². The van der Waals surface area contributed by atoms with Gasteiger partial charge in [0.1, 0.15) is 5.54 Å². The van der Waals surface area contributed by atoms with Crippen molar-refractivity contribution in [2.45, 2.75) is 31.8 Å². The molecule has 0 aliphatic carbocycles. The Morgan fingerprint density at radius 1 is 1.65 bits per heavy atom. The van der Waals surface area contributed by atoms with Crippen molar-refractivity contribution in [3.63, 3.8) is 0 Å². The largest absolute Gasteiger partial charge is 0.468 e. The molecule has 0 spiro atoms. The standard InChI is InChI=1S/C12H24N2O3/c1-10-9-17-8-7-14(10)6-5-12(2,13-3)11(15)16-4/h10,13H,5-9H2,1-4H3. The van der Waals surface area contributed by atoms with Crippen LogP contribution in [-0.4, -0.2) is 62.9 Å². The van der Waals surface area contributed by atoms with Gasteiger partial charge in [0.2, 0.25) is 0 Å². The maximum Gasteiger partial charge on any atom is 0.325 e. The highest BCUT2D eigenvalue weighted by Crippen LogP contribution is 2.15. The second kappa shape index (κ2) is 6.33. The highest BCUT2D eigenvalue weighted by atomic mass is 16.5. The number of nitrogens with one attached hydrogen (secondary N) is 1. The Labute approximate surface area is 103 Å². The Kier molecular flexibility index (Phi) is 5.36. The third kappa shape index (κ3) is 3.66. The lowest BCUT2D eigenvalue weighted by molar-refractivity contribution is -0.148. The minimum atomic E-state index is -0.604. The van der Waals surface area contributed by atoms with Gasteiger partial charge >= 0.3 is 5.97 Å². The van der Waals surface area contributed by atoms with Crippen molar-refractivity contribution in [1.82, 2.24) is 10.2 Å². The Bertz CT molecular complexity index is 260. The van der Waals surface area contributed by atoms with E-state index in [0.717, 1.165) is 32.7 Å². The number of ether oxygens (including phenoxy) is 2. The lowest BCUT2D eigenvalue weighted by atomic mass is 9.97. The fourth-order valence-electron chi connectivity index (χ4n) is 2.02. The first kappa shape index (κ1) is 14.4. The van der Waals surface area contributed by atoms with Crippen LogP contribution in [0.4, 0.5) is 0 Å². The van der Waals surface area contributed by atoms with Crippen LogP contribution in [0.3, 0.4) is 0 Å². The summed E-state index contributed by atoms with van der Waals surface area (Å²) in [6, 6.07) is 0.419. The molecule has 0 amide bonds. The second-order valence-corrected chi connectivity index (χ2v) is 4.78. The molecule has 0 saturated carbocycles. The number of hydrogen-bond acceptors (Lipinski definition) is 5. The summed E-state index contributed by atoms with van der Waals surface area (Å²) in [5, 5.41) is 3.05. The SMILES string of the molecule is CNC(C)(CCN1CCOCC1C)C(=O)OC. The highest BCUT2D eigenvalue weighted by molar-refractivity contribution is 5.80. The third-order valence-corrected chi connectivity index (χ3v) is 3.59. The van der Waals surface area contributed by atoms with Crippen LogP contribution in [-0.2, 0) is 14.3 Å². The molecule has 1 fully saturated rings. The van der Waals surface area contributed by atoms with Crippen molar-refractivity contribution in [2.24, 2.45) is 0 Å². The highest BCUT2D eigenvalue weighted by Gasteiger charge is 2.33. The summed E-state index contributed by atoms with van der Waals surface area (Å²) in [5.41, 5.74) is -0.604. The fraction of sp³-hybridized carbons (Fsp3) is 0.917. The summed E-state index contributed by atoms with van der Waals surface area (Å²) < 4.78 is 10.2. The number of esters is 1. The number of carbonyl (C=O) groups excluding carboxylic acids is 1. The molecule has 0 radical (unpaired) electrons. The van der Waals surface area contributed by atoms with Crippen molar-refractivity contribution < 1.29 is 14.3 Å². The van der Waals surface area contributed by atoms with Gasteiger partial charge in [-0.15, -0.1) is 0 Å². The Balaban J connectivity index is 2.49. The van der Waals surface area contributed by atoms with Crippen LogP contribution in [0.25, 0.3) is 0 Å². The minimum Gasteiger partial charge on any atom is -0.468 e. The number of morpholine rings is 1. The summed E-state index contributed by atoms with van der Waals surface area (Å²) in [4.78, 5) is 14.0. The van der Waals surface area contributed by atoms with Crippen LogP contribution in [0, 0.1) is 0 Å². The molecular formula is C12H24N2O3. The molecule has 1 aliphatic heterocycles. The molecule has 0 bridgehead atoms. The van der Waals surface area contributed by atoms with E-state index in [2.05, 4.69) is 17.1 Å². The quantitative estimate of drug-likeness (QED) is 0.703. The maximum absolute atomic E-state index is 11.7. The second-order valence-electron chi connectivity index (χ2n) is 4.78. The van der Waals surface area contributed by atoms with Crippen LogP contribution in [0.15, 0.2) is 0 Å². The fourth-order valence-corrected chi connectivity index (χ4v) is 2.02. The number of likely N-dealkylation sites (N-methyl/N-ethyl adjacent to an activating group) is 1. The van der Waals surface area contributed by atoms with Gasteiger partial charge in [-0.3, -0.25) is 9.69 Å². The van der Waals surface area contributed by atoms with Crippen molar-refractivity contribution in [2.75, 3.05) is 40.5 Å². The van der Waals surface area contributed by atoms with Crippen molar-refractivity contribution >= 4 is 5.97 Å². The molecule has 0 aromatic carbocycles. The number of hydrogen-bond donors (Lipinski definition) is 1. The molecule has 0 aromatic heterocycles. The normalized spacial score (nSPS) is 25.3. The predicted octanol–water partition coefficient (Wildman–Crippen LogP) is 0.248. The molecule has 1 N–H and O–H groups in total. The summed E-state index contributed by atoms with van der Waals surface area (Å²) >= 11 is 0. The zero-order chi connectivity index (χ0) is 12.9. The lowest BCUT2D eigenvalue weighted by Crippen LogP contribution is -2.52. The van der Waals surface area contributed by atoms with Gasteiger partial charge in [0.25, 0.3) is 0 Å². The zero-order valence-corrected chi connectivity index (χ0v) is 11.3. The number of methoxy groups -OCH3 is 1. The average Bonchev–Trinajstić information content (AvgIpc) is 2.36. The van der Waals surface area contributed by atoms with Gasteiger partial charge in [-0.1, -0.05) is 0 Å². The minimum absolute atomic E-state index is 0.207. The molecule has 1 saturated heterocycles. The van der Waals surface area contributed by atoms with Crippen LogP contribution >= 0.6 is 0 Å². The zero-order valence-electron chi connectivity index (χ0n) is 11.3. The molecule has 2 atom stereocenters. The van der Waals surface area contributed by atoms with Gasteiger partial charge in [-0.05, 0) is 27.3 Å². The molecule has 2 unspecified atom stereocenters. The first-order chi connectivity index (χ1) is 8.03. The van der Waals surface area contributed by atoms with E-state index in [1.54, 1.807) is 7.05 Å². The molecule has 0 aromatic rings. The van der Waals surface area contributed by atoms with E-state index >= 15 is 0 Å². The summed E-state index contributed by atoms with van der Waals surface area (Å²) in [6.45, 7) is 7.38. The number of carbonyl (C=O) groups is 1. The number of nitrogens with zero attached hydrogens (tertiary/aromatic N) is 1. The van der Waals surface area contributed by atoms with Gasteiger partial charge in [0.05, 0.1) is 20.3 Å². The van der Waals surface area contributed by atoms with E-state index < -0.39 is 5.54 Å². The smallest absolute Gasteiger partial charge is 0.325 e. The van der Waals surface area contributed by atoms with Crippen LogP contribution in [0.2, 0.25) is 0 Å². The average molecular weight is 244 g/mol. The predicted molar refractivity (Wildman–Crippen MR) is 66.0 cm³/mol. The van der Waals surface area contributed by atoms with E-state index in [9.17, 15) is 4.79 Å². The van der Waals surface area contributed by atoms with Gasteiger partial charge in [-0.25, -0.2) is 0 Å². The Morgan fingerprint density at radius 2 is 2.35 bits per heavy atom. The van der Waals surface area contributed by atoms with Gasteiger partial charge in [0.15, 0.2) is 0 Å².